The number of carbonyl (C=O) groups is 1. The van der Waals surface area contributed by atoms with Crippen molar-refractivity contribution in [3.63, 3.8) is 0 Å². The Labute approximate surface area is 172 Å². The second-order valence-electron chi connectivity index (χ2n) is 6.59. The highest BCUT2D eigenvalue weighted by Gasteiger charge is 2.15. The standard InChI is InChI=1S/C16H31N7O2S2/c1-11(20-22-13(26)17-6)12(2)21-23-14(27)18-9-7-8-10-19-15(24)25-16(3,4)5/h7-10H2,1-6H3,(H,19,24)(H2,17,22,26)(H2,18,23,27). The molecule has 0 aromatic rings. The molecule has 0 bridgehead atoms. The molecule has 0 heterocycles. The van der Waals surface area contributed by atoms with E-state index in [0.29, 0.717) is 34.7 Å². The SMILES string of the molecule is CNC(=S)NN=C(C)C(C)=NNC(=S)NCCCCNC(=O)OC(C)(C)C. The average Bonchev–Trinajstić information content (AvgIpc) is 2.58. The quantitative estimate of drug-likeness (QED) is 0.175. The van der Waals surface area contributed by atoms with E-state index in [9.17, 15) is 4.79 Å². The van der Waals surface area contributed by atoms with Gasteiger partial charge in [0.05, 0.1) is 11.4 Å². The molecule has 9 nitrogen and oxygen atoms in total. The molecule has 154 valence electrons. The van der Waals surface area contributed by atoms with Crippen LogP contribution in [0.3, 0.4) is 0 Å². The first kappa shape index (κ1) is 25.0. The fourth-order valence-electron chi connectivity index (χ4n) is 1.48. The minimum absolute atomic E-state index is 0.403. The molecule has 0 aromatic heterocycles. The minimum Gasteiger partial charge on any atom is -0.444 e. The van der Waals surface area contributed by atoms with Crippen molar-refractivity contribution in [1.29, 1.82) is 0 Å². The van der Waals surface area contributed by atoms with E-state index in [1.165, 1.54) is 0 Å². The van der Waals surface area contributed by atoms with Gasteiger partial charge in [0.15, 0.2) is 10.2 Å². The molecule has 0 saturated carbocycles. The number of hydrazone groups is 2. The van der Waals surface area contributed by atoms with E-state index in [4.69, 9.17) is 29.2 Å². The average molecular weight is 418 g/mol. The van der Waals surface area contributed by atoms with Gasteiger partial charge in [-0.3, -0.25) is 10.9 Å². The summed E-state index contributed by atoms with van der Waals surface area (Å²) in [7, 11) is 1.71. The van der Waals surface area contributed by atoms with Crippen molar-refractivity contribution in [3.05, 3.63) is 0 Å². The first-order chi connectivity index (χ1) is 12.5. The molecule has 0 unspecified atom stereocenters. The van der Waals surface area contributed by atoms with Crippen LogP contribution in [-0.2, 0) is 4.74 Å². The number of thiocarbonyl (C=S) groups is 2. The third-order valence-electron chi connectivity index (χ3n) is 2.96. The van der Waals surface area contributed by atoms with Gasteiger partial charge in [-0.15, -0.1) is 0 Å². The Bertz CT molecular complexity index is 572. The summed E-state index contributed by atoms with van der Waals surface area (Å²) in [5, 5.41) is 17.6. The van der Waals surface area contributed by atoms with Gasteiger partial charge >= 0.3 is 6.09 Å². The Balaban J connectivity index is 3.94. The van der Waals surface area contributed by atoms with Crippen LogP contribution in [0.4, 0.5) is 4.79 Å². The maximum atomic E-state index is 11.5. The summed E-state index contributed by atoms with van der Waals surface area (Å²) < 4.78 is 5.16. The smallest absolute Gasteiger partial charge is 0.407 e. The number of amides is 1. The third-order valence-corrected chi connectivity index (χ3v) is 3.49. The van der Waals surface area contributed by atoms with E-state index in [1.807, 2.05) is 20.8 Å². The van der Waals surface area contributed by atoms with Crippen LogP contribution in [-0.4, -0.2) is 53.5 Å². The highest BCUT2D eigenvalue weighted by atomic mass is 32.1. The van der Waals surface area contributed by atoms with Crippen molar-refractivity contribution in [2.75, 3.05) is 20.1 Å². The zero-order valence-corrected chi connectivity index (χ0v) is 18.5. The third kappa shape index (κ3) is 14.8. The normalized spacial score (nSPS) is 12.1. The molecule has 0 aliphatic heterocycles. The van der Waals surface area contributed by atoms with Gasteiger partial charge in [-0.25, -0.2) is 4.79 Å². The summed E-state index contributed by atoms with van der Waals surface area (Å²) in [5.74, 6) is 0. The summed E-state index contributed by atoms with van der Waals surface area (Å²) >= 11 is 10.1. The molecular weight excluding hydrogens is 386 g/mol. The number of nitrogens with one attached hydrogen (secondary N) is 5. The predicted molar refractivity (Wildman–Crippen MR) is 118 cm³/mol. The van der Waals surface area contributed by atoms with Crippen molar-refractivity contribution in [2.45, 2.75) is 53.1 Å². The fraction of sp³-hybridized carbons (Fsp3) is 0.688. The van der Waals surface area contributed by atoms with E-state index in [1.54, 1.807) is 20.9 Å². The Morgan fingerprint density at radius 2 is 1.41 bits per heavy atom. The van der Waals surface area contributed by atoms with Gasteiger partial charge in [-0.2, -0.15) is 10.2 Å². The number of hydrogen-bond acceptors (Lipinski definition) is 6. The number of hydrogen-bond donors (Lipinski definition) is 5. The zero-order chi connectivity index (χ0) is 20.9. The molecule has 0 atom stereocenters. The maximum Gasteiger partial charge on any atom is 0.407 e. The van der Waals surface area contributed by atoms with E-state index < -0.39 is 11.7 Å². The molecule has 0 fully saturated rings. The van der Waals surface area contributed by atoms with Crippen LogP contribution >= 0.6 is 24.4 Å². The summed E-state index contributed by atoms with van der Waals surface area (Å²) in [6, 6.07) is 0. The van der Waals surface area contributed by atoms with E-state index in [0.717, 1.165) is 12.8 Å². The van der Waals surface area contributed by atoms with Crippen molar-refractivity contribution in [2.24, 2.45) is 10.2 Å². The van der Waals surface area contributed by atoms with Crippen LogP contribution in [0.25, 0.3) is 0 Å². The molecule has 0 rings (SSSR count). The summed E-state index contributed by atoms with van der Waals surface area (Å²) in [5.41, 5.74) is 6.31. The van der Waals surface area contributed by atoms with Gasteiger partial charge in [0.2, 0.25) is 0 Å². The van der Waals surface area contributed by atoms with E-state index in [-0.39, 0.29) is 0 Å². The number of nitrogens with zero attached hydrogens (tertiary/aromatic N) is 2. The lowest BCUT2D eigenvalue weighted by molar-refractivity contribution is 0.0527. The minimum atomic E-state index is -0.486. The van der Waals surface area contributed by atoms with E-state index >= 15 is 0 Å². The lowest BCUT2D eigenvalue weighted by Gasteiger charge is -2.19. The van der Waals surface area contributed by atoms with Crippen LogP contribution < -0.4 is 26.8 Å². The molecule has 1 amide bonds. The summed E-state index contributed by atoms with van der Waals surface area (Å²) in [4.78, 5) is 11.5. The molecule has 0 radical (unpaired) electrons. The topological polar surface area (TPSA) is 111 Å². The van der Waals surface area contributed by atoms with Gasteiger partial charge in [0.25, 0.3) is 0 Å². The molecule has 0 saturated heterocycles. The van der Waals surface area contributed by atoms with Crippen LogP contribution in [0.5, 0.6) is 0 Å². The Morgan fingerprint density at radius 1 is 0.926 bits per heavy atom. The van der Waals surface area contributed by atoms with Crippen LogP contribution in [0.15, 0.2) is 10.2 Å². The fourth-order valence-corrected chi connectivity index (χ4v) is 1.68. The Morgan fingerprint density at radius 3 is 1.89 bits per heavy atom. The predicted octanol–water partition coefficient (Wildman–Crippen LogP) is 1.60. The highest BCUT2D eigenvalue weighted by molar-refractivity contribution is 7.80. The molecule has 0 aromatic carbocycles. The monoisotopic (exact) mass is 417 g/mol. The van der Waals surface area contributed by atoms with Gasteiger partial charge in [-0.05, 0) is 71.9 Å². The molecular formula is C16H31N7O2S2. The maximum absolute atomic E-state index is 11.5. The molecule has 27 heavy (non-hydrogen) atoms. The Hall–Kier alpha value is -2.01. The second kappa shape index (κ2) is 13.2. The molecule has 0 aliphatic carbocycles. The van der Waals surface area contributed by atoms with Crippen molar-refractivity contribution in [3.8, 4) is 0 Å². The van der Waals surface area contributed by atoms with Gasteiger partial charge in [0, 0.05) is 20.1 Å². The first-order valence-corrected chi connectivity index (χ1v) is 9.44. The molecule has 0 aliphatic rings. The van der Waals surface area contributed by atoms with Gasteiger partial charge in [-0.1, -0.05) is 0 Å². The number of unbranched alkanes of at least 4 members (excludes halogenated alkanes) is 1. The highest BCUT2D eigenvalue weighted by Crippen LogP contribution is 2.06. The molecule has 0 spiro atoms. The second-order valence-corrected chi connectivity index (χ2v) is 7.41. The van der Waals surface area contributed by atoms with Gasteiger partial charge < -0.3 is 20.7 Å². The lowest BCUT2D eigenvalue weighted by atomic mass is 10.2. The van der Waals surface area contributed by atoms with Crippen molar-refractivity contribution < 1.29 is 9.53 Å². The lowest BCUT2D eigenvalue weighted by Crippen LogP contribution is -2.35. The van der Waals surface area contributed by atoms with Crippen LogP contribution in [0, 0.1) is 0 Å². The van der Waals surface area contributed by atoms with Crippen molar-refractivity contribution >= 4 is 52.2 Å². The number of alkyl carbamates (subject to hydrolysis) is 1. The first-order valence-electron chi connectivity index (χ1n) is 8.62. The zero-order valence-electron chi connectivity index (χ0n) is 16.9. The Kier molecular flexibility index (Phi) is 12.2. The largest absolute Gasteiger partial charge is 0.444 e. The number of rotatable bonds is 8. The summed E-state index contributed by atoms with van der Waals surface area (Å²) in [6.45, 7) is 10.3. The summed E-state index contributed by atoms with van der Waals surface area (Å²) in [6.07, 6.45) is 1.24. The molecule has 11 heteroatoms. The van der Waals surface area contributed by atoms with Crippen molar-refractivity contribution in [1.82, 2.24) is 26.8 Å². The molecule has 5 N–H and O–H groups in total. The van der Waals surface area contributed by atoms with Crippen LogP contribution in [0.2, 0.25) is 0 Å². The number of ether oxygens (including phenoxy) is 1. The van der Waals surface area contributed by atoms with E-state index in [2.05, 4.69) is 37.0 Å². The van der Waals surface area contributed by atoms with Crippen LogP contribution in [0.1, 0.15) is 47.5 Å². The number of carbonyl (C=O) groups excluding carboxylic acids is 1. The van der Waals surface area contributed by atoms with Gasteiger partial charge in [0.1, 0.15) is 5.60 Å².